The van der Waals surface area contributed by atoms with Crippen LogP contribution in [-0.4, -0.2) is 57.1 Å². The summed E-state index contributed by atoms with van der Waals surface area (Å²) in [4.78, 5) is 29.8. The Morgan fingerprint density at radius 3 is 2.34 bits per heavy atom. The zero-order valence-corrected chi connectivity index (χ0v) is 20.0. The largest absolute Gasteiger partial charge is 0.461 e. The molecule has 3 N–H and O–H groups in total. The van der Waals surface area contributed by atoms with Gasteiger partial charge in [0.2, 0.25) is 5.60 Å². The maximum atomic E-state index is 13.0. The second-order valence-corrected chi connectivity index (χ2v) is 8.65. The van der Waals surface area contributed by atoms with Crippen LogP contribution < -0.4 is 5.73 Å². The van der Waals surface area contributed by atoms with E-state index in [0.717, 1.165) is 0 Å². The fourth-order valence-electron chi connectivity index (χ4n) is 4.63. The van der Waals surface area contributed by atoms with Gasteiger partial charge in [0.05, 0.1) is 29.3 Å². The van der Waals surface area contributed by atoms with Crippen molar-refractivity contribution in [3.8, 4) is 6.07 Å². The molecule has 0 radical (unpaired) electrons. The zero-order valence-electron chi connectivity index (χ0n) is 20.0. The average Bonchev–Trinajstić information content (AvgIpc) is 3.53. The minimum absolute atomic E-state index is 0.176. The summed E-state index contributed by atoms with van der Waals surface area (Å²) in [5.74, 6) is -2.18. The van der Waals surface area contributed by atoms with Gasteiger partial charge < -0.3 is 25.1 Å². The lowest BCUT2D eigenvalue weighted by Crippen LogP contribution is -2.41. The number of nitriles is 1. The Bertz CT molecular complexity index is 1500. The maximum Gasteiger partial charge on any atom is 0.338 e. The number of anilines is 1. The van der Waals surface area contributed by atoms with Gasteiger partial charge in [-0.15, -0.1) is 0 Å². The summed E-state index contributed by atoms with van der Waals surface area (Å²) in [5, 5.41) is 24.9. The summed E-state index contributed by atoms with van der Waals surface area (Å²) in [6.45, 7) is -0.932. The molecule has 4 aromatic rings. The van der Waals surface area contributed by atoms with E-state index in [1.54, 1.807) is 72.8 Å². The second-order valence-electron chi connectivity index (χ2n) is 8.65. The number of aliphatic hydroxyl groups is 1. The van der Waals surface area contributed by atoms with Crippen molar-refractivity contribution in [3.05, 3.63) is 95.9 Å². The fraction of sp³-hybridized carbons (Fsp3) is 0.222. The van der Waals surface area contributed by atoms with Crippen LogP contribution in [0.4, 0.5) is 5.82 Å². The highest BCUT2D eigenvalue weighted by atomic mass is 16.6. The molecule has 1 saturated heterocycles. The first-order valence-corrected chi connectivity index (χ1v) is 11.8. The lowest BCUT2D eigenvalue weighted by atomic mass is 9.83. The number of nitrogen functional groups attached to an aromatic ring is 1. The Hall–Kier alpha value is -4.79. The maximum absolute atomic E-state index is 13.0. The molecule has 11 heteroatoms. The van der Waals surface area contributed by atoms with Gasteiger partial charge in [-0.05, 0) is 36.4 Å². The monoisotopic (exact) mass is 513 g/mol. The number of hydrogen-bond acceptors (Lipinski definition) is 10. The molecule has 38 heavy (non-hydrogen) atoms. The molecule has 0 amide bonds. The topological polar surface area (TPSA) is 162 Å². The van der Waals surface area contributed by atoms with Crippen molar-refractivity contribution in [3.63, 3.8) is 0 Å². The number of aromatic nitrogens is 3. The normalized spacial score (nSPS) is 22.6. The quantitative estimate of drug-likeness (QED) is 0.350. The van der Waals surface area contributed by atoms with Crippen LogP contribution in [0.25, 0.3) is 5.52 Å². The third-order valence-corrected chi connectivity index (χ3v) is 6.49. The molecular weight excluding hydrogens is 490 g/mol. The molecule has 5 rings (SSSR count). The number of hydrogen-bond donors (Lipinski definition) is 2. The van der Waals surface area contributed by atoms with E-state index in [1.165, 1.54) is 10.8 Å². The Labute approximate surface area is 217 Å². The summed E-state index contributed by atoms with van der Waals surface area (Å²) >= 11 is 0. The van der Waals surface area contributed by atoms with Gasteiger partial charge in [-0.25, -0.2) is 19.1 Å². The van der Waals surface area contributed by atoms with Gasteiger partial charge in [0.25, 0.3) is 0 Å². The lowest BCUT2D eigenvalue weighted by molar-refractivity contribution is -0.0605. The third kappa shape index (κ3) is 4.32. The first-order valence-electron chi connectivity index (χ1n) is 11.8. The number of rotatable bonds is 7. The molecule has 2 aromatic heterocycles. The van der Waals surface area contributed by atoms with Crippen LogP contribution in [0.1, 0.15) is 26.4 Å². The highest BCUT2D eigenvalue weighted by Crippen LogP contribution is 2.46. The van der Waals surface area contributed by atoms with Crippen LogP contribution >= 0.6 is 0 Å². The van der Waals surface area contributed by atoms with Crippen LogP contribution in [0.15, 0.2) is 79.1 Å². The Kier molecular flexibility index (Phi) is 6.74. The van der Waals surface area contributed by atoms with Gasteiger partial charge in [-0.2, -0.15) is 10.4 Å². The van der Waals surface area contributed by atoms with Crippen LogP contribution in [0.2, 0.25) is 0 Å². The number of carbonyl (C=O) groups is 2. The summed E-state index contributed by atoms with van der Waals surface area (Å²) in [6, 6.07) is 22.0. The van der Waals surface area contributed by atoms with E-state index in [9.17, 15) is 20.0 Å². The third-order valence-electron chi connectivity index (χ3n) is 6.49. The highest BCUT2D eigenvalue weighted by molar-refractivity contribution is 5.90. The molecule has 0 spiro atoms. The van der Waals surface area contributed by atoms with Crippen LogP contribution in [0.3, 0.4) is 0 Å². The van der Waals surface area contributed by atoms with E-state index < -0.39 is 42.3 Å². The van der Waals surface area contributed by atoms with E-state index in [4.69, 9.17) is 19.9 Å². The van der Waals surface area contributed by atoms with Gasteiger partial charge in [0.1, 0.15) is 36.7 Å². The Morgan fingerprint density at radius 2 is 1.71 bits per heavy atom. The van der Waals surface area contributed by atoms with Gasteiger partial charge >= 0.3 is 11.9 Å². The smallest absolute Gasteiger partial charge is 0.338 e. The molecular formula is C27H23N5O6. The van der Waals surface area contributed by atoms with Crippen molar-refractivity contribution in [2.24, 2.45) is 5.92 Å². The van der Waals surface area contributed by atoms with Crippen LogP contribution in [0.5, 0.6) is 0 Å². The zero-order chi connectivity index (χ0) is 26.7. The predicted molar refractivity (Wildman–Crippen MR) is 133 cm³/mol. The Balaban J connectivity index is 1.56. The van der Waals surface area contributed by atoms with Crippen molar-refractivity contribution in [2.75, 3.05) is 18.9 Å². The summed E-state index contributed by atoms with van der Waals surface area (Å²) in [5.41, 5.74) is 5.40. The van der Waals surface area contributed by atoms with E-state index in [-0.39, 0.29) is 23.7 Å². The van der Waals surface area contributed by atoms with Gasteiger partial charge in [-0.1, -0.05) is 36.4 Å². The number of nitrogens with two attached hydrogens (primary N) is 1. The van der Waals surface area contributed by atoms with Crippen molar-refractivity contribution >= 4 is 23.3 Å². The molecule has 11 nitrogen and oxygen atoms in total. The first kappa shape index (κ1) is 24.9. The van der Waals surface area contributed by atoms with E-state index in [1.807, 2.05) is 0 Å². The number of aliphatic hydroxyl groups excluding tert-OH is 1. The number of fused-ring (bicyclic) bond motifs is 1. The predicted octanol–water partition coefficient (Wildman–Crippen LogP) is 2.12. The van der Waals surface area contributed by atoms with E-state index in [0.29, 0.717) is 11.1 Å². The summed E-state index contributed by atoms with van der Waals surface area (Å²) in [7, 11) is 0. The number of ether oxygens (including phenoxy) is 3. The number of esters is 2. The fourth-order valence-corrected chi connectivity index (χ4v) is 4.63. The summed E-state index contributed by atoms with van der Waals surface area (Å²) in [6.07, 6.45) is -1.03. The Morgan fingerprint density at radius 1 is 1.05 bits per heavy atom. The molecule has 1 fully saturated rings. The van der Waals surface area contributed by atoms with Gasteiger partial charge in [0, 0.05) is 0 Å². The molecule has 1 aliphatic rings. The molecule has 3 heterocycles. The lowest BCUT2D eigenvalue weighted by Gasteiger charge is -2.28. The van der Waals surface area contributed by atoms with E-state index in [2.05, 4.69) is 16.2 Å². The van der Waals surface area contributed by atoms with E-state index >= 15 is 0 Å². The first-order chi connectivity index (χ1) is 18.5. The minimum atomic E-state index is -1.83. The van der Waals surface area contributed by atoms with Gasteiger partial charge in [0.15, 0.2) is 5.82 Å². The van der Waals surface area contributed by atoms with Crippen molar-refractivity contribution in [1.29, 1.82) is 5.26 Å². The molecule has 4 atom stereocenters. The second kappa shape index (κ2) is 10.3. The standard InChI is InChI=1S/C27H23N5O6/c28-15-27(22-12-11-20-24(29)30-16-31-32(20)22)19(14-36-25(34)17-7-3-1-4-8-17)23(21(13-33)38-27)37-26(35)18-9-5-2-6-10-18/h1-12,16,19,21,23,33H,13-14H2,(H2,29,30,31)/t19-,21-,23+,27-/m1/s1. The van der Waals surface area contributed by atoms with Crippen molar-refractivity contribution < 1.29 is 28.9 Å². The SMILES string of the molecule is N#C[C@@]1(c2ccc3c(N)ncnn23)O[C@H](CO)[C@@H](OC(=O)c2ccccc2)[C@H]1COC(=O)c1ccccc1. The molecule has 0 unspecified atom stereocenters. The highest BCUT2D eigenvalue weighted by Gasteiger charge is 2.60. The van der Waals surface area contributed by atoms with Crippen molar-refractivity contribution in [1.82, 2.24) is 14.6 Å². The number of nitrogens with zero attached hydrogens (tertiary/aromatic N) is 4. The molecule has 192 valence electrons. The average molecular weight is 514 g/mol. The summed E-state index contributed by atoms with van der Waals surface area (Å²) < 4.78 is 18.9. The van der Waals surface area contributed by atoms with Crippen LogP contribution in [-0.2, 0) is 19.8 Å². The van der Waals surface area contributed by atoms with Crippen LogP contribution in [0, 0.1) is 17.2 Å². The van der Waals surface area contributed by atoms with Crippen molar-refractivity contribution in [2.45, 2.75) is 17.8 Å². The number of benzene rings is 2. The number of carbonyl (C=O) groups excluding carboxylic acids is 2. The molecule has 0 saturated carbocycles. The molecule has 1 aliphatic heterocycles. The molecule has 2 aromatic carbocycles. The minimum Gasteiger partial charge on any atom is -0.461 e. The molecule has 0 aliphatic carbocycles. The molecule has 0 bridgehead atoms. The van der Waals surface area contributed by atoms with Gasteiger partial charge in [-0.3, -0.25) is 0 Å².